The first-order chi connectivity index (χ1) is 10.9. The van der Waals surface area contributed by atoms with Crippen LogP contribution in [0.1, 0.15) is 17.8 Å². The minimum absolute atomic E-state index is 0.117. The predicted octanol–water partition coefficient (Wildman–Crippen LogP) is 0.764. The molecular formula is C15H23ClN4O3. The molecule has 1 aromatic heterocycles. The smallest absolute Gasteiger partial charge is 0.241 e. The fraction of sp³-hybridized carbons (Fsp3) is 0.667. The van der Waals surface area contributed by atoms with Crippen molar-refractivity contribution in [2.75, 3.05) is 33.4 Å². The summed E-state index contributed by atoms with van der Waals surface area (Å²) in [5.74, 6) is 0.133. The number of aryl methyl sites for hydroxylation is 1. The van der Waals surface area contributed by atoms with Crippen molar-refractivity contribution in [3.63, 3.8) is 0 Å². The summed E-state index contributed by atoms with van der Waals surface area (Å²) in [7, 11) is 1.61. The zero-order chi connectivity index (χ0) is 17.0. The largest absolute Gasteiger partial charge is 0.383 e. The van der Waals surface area contributed by atoms with Crippen molar-refractivity contribution in [2.45, 2.75) is 26.8 Å². The van der Waals surface area contributed by atoms with Crippen LogP contribution in [0.25, 0.3) is 0 Å². The maximum absolute atomic E-state index is 12.0. The van der Waals surface area contributed by atoms with E-state index in [1.165, 1.54) is 0 Å². The van der Waals surface area contributed by atoms with Gasteiger partial charge in [0.1, 0.15) is 6.54 Å². The Morgan fingerprint density at radius 3 is 2.83 bits per heavy atom. The molecule has 8 heteroatoms. The molecule has 0 aliphatic carbocycles. The normalized spacial score (nSPS) is 17.8. The highest BCUT2D eigenvalue weighted by molar-refractivity contribution is 6.31. The lowest BCUT2D eigenvalue weighted by Gasteiger charge is -2.16. The number of halogens is 1. The van der Waals surface area contributed by atoms with E-state index in [9.17, 15) is 9.59 Å². The van der Waals surface area contributed by atoms with Crippen LogP contribution in [0.15, 0.2) is 0 Å². The second kappa shape index (κ2) is 7.79. The zero-order valence-corrected chi connectivity index (χ0v) is 14.5. The molecular weight excluding hydrogens is 320 g/mol. The molecule has 2 rings (SSSR count). The Morgan fingerprint density at radius 1 is 1.48 bits per heavy atom. The number of ether oxygens (including phenoxy) is 1. The number of rotatable bonds is 7. The van der Waals surface area contributed by atoms with Crippen LogP contribution < -0.4 is 5.32 Å². The van der Waals surface area contributed by atoms with Crippen LogP contribution in [0, 0.1) is 19.8 Å². The van der Waals surface area contributed by atoms with E-state index in [1.54, 1.807) is 16.7 Å². The molecule has 0 radical (unpaired) electrons. The summed E-state index contributed by atoms with van der Waals surface area (Å²) in [4.78, 5) is 25.7. The maximum atomic E-state index is 12.0. The van der Waals surface area contributed by atoms with Crippen molar-refractivity contribution in [1.29, 1.82) is 0 Å². The fourth-order valence-electron chi connectivity index (χ4n) is 2.69. The summed E-state index contributed by atoms with van der Waals surface area (Å²) in [6.07, 6.45) is 0.468. The Hall–Kier alpha value is -1.60. The molecule has 1 fully saturated rings. The van der Waals surface area contributed by atoms with Gasteiger partial charge in [-0.15, -0.1) is 0 Å². The predicted molar refractivity (Wildman–Crippen MR) is 86.3 cm³/mol. The number of likely N-dealkylation sites (tertiary alicyclic amines) is 1. The van der Waals surface area contributed by atoms with Crippen molar-refractivity contribution >= 4 is 23.4 Å². The van der Waals surface area contributed by atoms with E-state index in [2.05, 4.69) is 10.4 Å². The van der Waals surface area contributed by atoms with Gasteiger partial charge in [0.05, 0.1) is 23.0 Å². The van der Waals surface area contributed by atoms with E-state index in [4.69, 9.17) is 16.3 Å². The van der Waals surface area contributed by atoms with Crippen molar-refractivity contribution in [3.05, 3.63) is 16.4 Å². The van der Waals surface area contributed by atoms with Gasteiger partial charge in [-0.25, -0.2) is 0 Å². The summed E-state index contributed by atoms with van der Waals surface area (Å²) in [5.41, 5.74) is 1.49. The molecule has 1 atom stereocenters. The van der Waals surface area contributed by atoms with Gasteiger partial charge in [-0.3, -0.25) is 14.3 Å². The summed E-state index contributed by atoms with van der Waals surface area (Å²) in [6, 6.07) is 0. The van der Waals surface area contributed by atoms with Crippen LogP contribution in [0.2, 0.25) is 5.02 Å². The molecule has 2 amide bonds. The van der Waals surface area contributed by atoms with Crippen LogP contribution in [-0.4, -0.2) is 59.8 Å². The number of methoxy groups -OCH3 is 1. The molecule has 0 saturated carbocycles. The highest BCUT2D eigenvalue weighted by atomic mass is 35.5. The van der Waals surface area contributed by atoms with E-state index < -0.39 is 0 Å². The number of carbonyl (C=O) groups is 2. The van der Waals surface area contributed by atoms with E-state index in [0.717, 1.165) is 5.69 Å². The monoisotopic (exact) mass is 342 g/mol. The van der Waals surface area contributed by atoms with Crippen LogP contribution >= 0.6 is 11.6 Å². The standard InChI is InChI=1S/C15H23ClN4O3/c1-10-15(16)11(2)20(18-10)9-13(21)17-7-12-6-14(22)19(8-12)4-5-23-3/h12H,4-9H2,1-3H3,(H,17,21)/t12-/m0/s1. The van der Waals surface area contributed by atoms with Crippen molar-refractivity contribution in [2.24, 2.45) is 5.92 Å². The number of aromatic nitrogens is 2. The van der Waals surface area contributed by atoms with Gasteiger partial charge in [0.15, 0.2) is 0 Å². The molecule has 1 aliphatic rings. The lowest BCUT2D eigenvalue weighted by atomic mass is 10.1. The Labute approximate surface area is 140 Å². The molecule has 1 N–H and O–H groups in total. The molecule has 1 saturated heterocycles. The second-order valence-electron chi connectivity index (χ2n) is 5.85. The minimum Gasteiger partial charge on any atom is -0.383 e. The third kappa shape index (κ3) is 4.45. The third-order valence-corrected chi connectivity index (χ3v) is 4.58. The summed E-state index contributed by atoms with van der Waals surface area (Å²) in [5, 5.41) is 7.70. The summed E-state index contributed by atoms with van der Waals surface area (Å²) < 4.78 is 6.59. The van der Waals surface area contributed by atoms with E-state index >= 15 is 0 Å². The van der Waals surface area contributed by atoms with Gasteiger partial charge in [0, 0.05) is 39.1 Å². The number of amides is 2. The summed E-state index contributed by atoms with van der Waals surface area (Å²) >= 11 is 6.07. The van der Waals surface area contributed by atoms with Crippen LogP contribution in [0.5, 0.6) is 0 Å². The van der Waals surface area contributed by atoms with E-state index in [-0.39, 0.29) is 24.3 Å². The molecule has 0 spiro atoms. The first-order valence-corrected chi connectivity index (χ1v) is 8.03. The molecule has 0 unspecified atom stereocenters. The zero-order valence-electron chi connectivity index (χ0n) is 13.8. The third-order valence-electron chi connectivity index (χ3n) is 4.03. The molecule has 23 heavy (non-hydrogen) atoms. The lowest BCUT2D eigenvalue weighted by Crippen LogP contribution is -2.34. The number of hydrogen-bond donors (Lipinski definition) is 1. The fourth-order valence-corrected chi connectivity index (χ4v) is 2.82. The molecule has 128 valence electrons. The lowest BCUT2D eigenvalue weighted by molar-refractivity contribution is -0.128. The average molecular weight is 343 g/mol. The molecule has 0 aromatic carbocycles. The molecule has 1 aromatic rings. The Kier molecular flexibility index (Phi) is 6.01. The van der Waals surface area contributed by atoms with Crippen molar-refractivity contribution in [1.82, 2.24) is 20.0 Å². The van der Waals surface area contributed by atoms with Gasteiger partial charge >= 0.3 is 0 Å². The Balaban J connectivity index is 1.79. The molecule has 1 aliphatic heterocycles. The second-order valence-corrected chi connectivity index (χ2v) is 6.23. The van der Waals surface area contributed by atoms with Crippen LogP contribution in [0.3, 0.4) is 0 Å². The van der Waals surface area contributed by atoms with Gasteiger partial charge in [-0.2, -0.15) is 5.10 Å². The van der Waals surface area contributed by atoms with Crippen molar-refractivity contribution < 1.29 is 14.3 Å². The molecule has 0 bridgehead atoms. The van der Waals surface area contributed by atoms with E-state index in [0.29, 0.717) is 43.4 Å². The minimum atomic E-state index is -0.130. The molecule has 7 nitrogen and oxygen atoms in total. The number of carbonyl (C=O) groups excluding carboxylic acids is 2. The van der Waals surface area contributed by atoms with Crippen LogP contribution in [-0.2, 0) is 20.9 Å². The van der Waals surface area contributed by atoms with Crippen LogP contribution in [0.4, 0.5) is 0 Å². The number of nitrogens with one attached hydrogen (secondary N) is 1. The number of nitrogens with zero attached hydrogens (tertiary/aromatic N) is 3. The van der Waals surface area contributed by atoms with Gasteiger partial charge in [-0.1, -0.05) is 11.6 Å². The average Bonchev–Trinajstić information content (AvgIpc) is 2.98. The van der Waals surface area contributed by atoms with Gasteiger partial charge < -0.3 is 15.0 Å². The Morgan fingerprint density at radius 2 is 2.22 bits per heavy atom. The van der Waals surface area contributed by atoms with Gasteiger partial charge in [0.25, 0.3) is 0 Å². The topological polar surface area (TPSA) is 76.5 Å². The Bertz CT molecular complexity index is 588. The number of hydrogen-bond acceptors (Lipinski definition) is 4. The van der Waals surface area contributed by atoms with Crippen molar-refractivity contribution in [3.8, 4) is 0 Å². The molecule has 2 heterocycles. The first kappa shape index (κ1) is 17.7. The van der Waals surface area contributed by atoms with E-state index in [1.807, 2.05) is 13.8 Å². The SMILES string of the molecule is COCCN1C[C@H](CNC(=O)Cn2nc(C)c(Cl)c2C)CC1=O. The highest BCUT2D eigenvalue weighted by Gasteiger charge is 2.29. The van der Waals surface area contributed by atoms with Gasteiger partial charge in [0.2, 0.25) is 11.8 Å². The summed E-state index contributed by atoms with van der Waals surface area (Å²) in [6.45, 7) is 6.05. The quantitative estimate of drug-likeness (QED) is 0.794. The maximum Gasteiger partial charge on any atom is 0.241 e. The highest BCUT2D eigenvalue weighted by Crippen LogP contribution is 2.19. The van der Waals surface area contributed by atoms with Gasteiger partial charge in [-0.05, 0) is 13.8 Å². The first-order valence-electron chi connectivity index (χ1n) is 7.65.